The van der Waals surface area contributed by atoms with Crippen LogP contribution in [0.3, 0.4) is 0 Å². The van der Waals surface area contributed by atoms with Crippen molar-refractivity contribution in [2.24, 2.45) is 5.92 Å². The summed E-state index contributed by atoms with van der Waals surface area (Å²) in [6, 6.07) is 14.4. The van der Waals surface area contributed by atoms with Crippen molar-refractivity contribution >= 4 is 38.0 Å². The van der Waals surface area contributed by atoms with Gasteiger partial charge in [0.15, 0.2) is 0 Å². The predicted octanol–water partition coefficient (Wildman–Crippen LogP) is 8.67. The smallest absolute Gasteiger partial charge is 0.353 e. The first-order chi connectivity index (χ1) is 16.1. The van der Waals surface area contributed by atoms with Gasteiger partial charge in [0.1, 0.15) is 10.6 Å². The third-order valence-corrected chi connectivity index (χ3v) is 9.41. The molecule has 1 aliphatic rings. The van der Waals surface area contributed by atoms with E-state index in [1.165, 1.54) is 52.3 Å². The van der Waals surface area contributed by atoms with Gasteiger partial charge in [0.2, 0.25) is 0 Å². The number of nitriles is 1. The summed E-state index contributed by atoms with van der Waals surface area (Å²) in [6.07, 6.45) is 11.4. The topological polar surface area (TPSA) is 50.1 Å². The molecule has 0 N–H and O–H groups in total. The van der Waals surface area contributed by atoms with Gasteiger partial charge in [-0.15, -0.1) is 22.7 Å². The van der Waals surface area contributed by atoms with Gasteiger partial charge in [0.25, 0.3) is 0 Å². The zero-order valence-corrected chi connectivity index (χ0v) is 21.3. The Morgan fingerprint density at radius 3 is 2.48 bits per heavy atom. The van der Waals surface area contributed by atoms with E-state index in [1.54, 1.807) is 11.3 Å². The first-order valence-electron chi connectivity index (χ1n) is 12.3. The van der Waals surface area contributed by atoms with E-state index in [-0.39, 0.29) is 5.97 Å². The van der Waals surface area contributed by atoms with Crippen molar-refractivity contribution in [2.75, 3.05) is 0 Å². The molecule has 1 aromatic carbocycles. The van der Waals surface area contributed by atoms with Gasteiger partial charge in [0.05, 0.1) is 15.5 Å². The fourth-order valence-corrected chi connectivity index (χ4v) is 7.41. The van der Waals surface area contributed by atoms with E-state index in [4.69, 9.17) is 4.74 Å². The normalized spacial score (nSPS) is 20.6. The first kappa shape index (κ1) is 24.0. The molecule has 4 rings (SSSR count). The van der Waals surface area contributed by atoms with E-state index >= 15 is 0 Å². The molecular weight excluding hydrogens is 446 g/mol. The molecule has 33 heavy (non-hydrogen) atoms. The summed E-state index contributed by atoms with van der Waals surface area (Å²) in [5.74, 6) is 0.983. The number of nitrogens with zero attached hydrogens (tertiary/aromatic N) is 1. The first-order valence-corrected chi connectivity index (χ1v) is 14.0. The molecule has 2 aromatic heterocycles. The minimum absolute atomic E-state index is 0.307. The van der Waals surface area contributed by atoms with Crippen LogP contribution in [-0.2, 0) is 11.8 Å². The highest BCUT2D eigenvalue weighted by atomic mass is 32.2. The second-order valence-electron chi connectivity index (χ2n) is 9.36. The molecule has 0 saturated heterocycles. The van der Waals surface area contributed by atoms with Gasteiger partial charge >= 0.3 is 5.97 Å². The molecule has 1 fully saturated rings. The molecular formula is C28H33NO2S2. The van der Waals surface area contributed by atoms with Crippen LogP contribution in [0.5, 0.6) is 5.75 Å². The lowest BCUT2D eigenvalue weighted by Crippen LogP contribution is -2.30. The van der Waals surface area contributed by atoms with E-state index in [0.29, 0.717) is 10.6 Å². The van der Waals surface area contributed by atoms with Crippen LogP contribution in [0.25, 0.3) is 9.40 Å². The van der Waals surface area contributed by atoms with Crippen molar-refractivity contribution < 1.29 is 9.53 Å². The number of rotatable bonds is 9. The Morgan fingerprint density at radius 2 is 1.85 bits per heavy atom. The monoisotopic (exact) mass is 479 g/mol. The predicted molar refractivity (Wildman–Crippen MR) is 138 cm³/mol. The van der Waals surface area contributed by atoms with Gasteiger partial charge < -0.3 is 4.74 Å². The third kappa shape index (κ3) is 5.50. The fourth-order valence-electron chi connectivity index (χ4n) is 5.00. The van der Waals surface area contributed by atoms with Crippen LogP contribution in [-0.4, -0.2) is 5.97 Å². The summed E-state index contributed by atoms with van der Waals surface area (Å²) in [6.45, 7) is 4.45. The SMILES string of the molecule is CCCCCc1cc2cc(C(=O)Oc3ccc(C4(C#N)CCC(CCC)CC4)cc3)sc2s1. The number of hydrogen-bond acceptors (Lipinski definition) is 5. The maximum atomic E-state index is 12.7. The molecule has 5 heteroatoms. The highest BCUT2D eigenvalue weighted by Gasteiger charge is 2.36. The molecule has 0 spiro atoms. The lowest BCUT2D eigenvalue weighted by Gasteiger charge is -2.35. The maximum Gasteiger partial charge on any atom is 0.353 e. The van der Waals surface area contributed by atoms with Gasteiger partial charge in [-0.1, -0.05) is 51.7 Å². The van der Waals surface area contributed by atoms with Crippen molar-refractivity contribution in [3.8, 4) is 11.8 Å². The number of thiophene rings is 2. The van der Waals surface area contributed by atoms with E-state index < -0.39 is 5.41 Å². The highest BCUT2D eigenvalue weighted by Crippen LogP contribution is 2.43. The standard InChI is InChI=1S/C28H33NO2S2/c1-3-5-6-8-24-17-21-18-25(33-27(21)32-24)26(30)31-23-11-9-22(10-12-23)28(19-29)15-13-20(7-4-2)14-16-28/h9-12,17-18,20H,3-8,13-16H2,1-2H3. The Kier molecular flexibility index (Phi) is 7.88. The van der Waals surface area contributed by atoms with Crippen LogP contribution in [0.15, 0.2) is 36.4 Å². The Labute approximate surface area is 205 Å². The quantitative estimate of drug-likeness (QED) is 0.175. The molecule has 3 nitrogen and oxygen atoms in total. The maximum absolute atomic E-state index is 12.7. The number of carbonyl (C=O) groups is 1. The summed E-state index contributed by atoms with van der Waals surface area (Å²) in [4.78, 5) is 14.8. The minimum Gasteiger partial charge on any atom is -0.422 e. The van der Waals surface area contributed by atoms with Crippen molar-refractivity contribution in [1.82, 2.24) is 0 Å². The van der Waals surface area contributed by atoms with E-state index in [2.05, 4.69) is 26.0 Å². The van der Waals surface area contributed by atoms with Gasteiger partial charge in [-0.3, -0.25) is 0 Å². The van der Waals surface area contributed by atoms with Crippen LogP contribution in [0, 0.1) is 17.2 Å². The largest absolute Gasteiger partial charge is 0.422 e. The number of unbranched alkanes of at least 4 members (excludes halogenated alkanes) is 2. The molecule has 0 unspecified atom stereocenters. The molecule has 0 atom stereocenters. The zero-order valence-electron chi connectivity index (χ0n) is 19.7. The van der Waals surface area contributed by atoms with Gasteiger partial charge in [0, 0.05) is 10.3 Å². The Bertz CT molecular complexity index is 1080. The van der Waals surface area contributed by atoms with Gasteiger partial charge in [-0.25, -0.2) is 4.79 Å². The molecule has 0 amide bonds. The lowest BCUT2D eigenvalue weighted by molar-refractivity contribution is 0.0740. The molecule has 1 saturated carbocycles. The number of ether oxygens (including phenoxy) is 1. The van der Waals surface area contributed by atoms with Crippen LogP contribution in [0.4, 0.5) is 0 Å². The third-order valence-electron chi connectivity index (χ3n) is 6.98. The zero-order chi connectivity index (χ0) is 23.3. The molecule has 1 aliphatic carbocycles. The Morgan fingerprint density at radius 1 is 1.09 bits per heavy atom. The highest BCUT2D eigenvalue weighted by molar-refractivity contribution is 7.39. The molecule has 174 valence electrons. The molecule has 2 heterocycles. The lowest BCUT2D eigenvalue weighted by atomic mass is 9.67. The summed E-state index contributed by atoms with van der Waals surface area (Å²) in [5, 5.41) is 11.1. The number of carbonyl (C=O) groups excluding carboxylic acids is 1. The van der Waals surface area contributed by atoms with Crippen LogP contribution in [0.1, 0.15) is 91.7 Å². The molecule has 0 radical (unpaired) electrons. The second-order valence-corrected chi connectivity index (χ2v) is 11.8. The minimum atomic E-state index is -0.403. The summed E-state index contributed by atoms with van der Waals surface area (Å²) in [7, 11) is 0. The van der Waals surface area contributed by atoms with Crippen LogP contribution in [0.2, 0.25) is 0 Å². The fraction of sp³-hybridized carbons (Fsp3) is 0.500. The summed E-state index contributed by atoms with van der Waals surface area (Å²) < 4.78 is 6.85. The van der Waals surface area contributed by atoms with Gasteiger partial charge in [-0.05, 0) is 74.3 Å². The number of fused-ring (bicyclic) bond motifs is 1. The number of esters is 1. The molecule has 0 aliphatic heterocycles. The number of hydrogen-bond donors (Lipinski definition) is 0. The van der Waals surface area contributed by atoms with Crippen molar-refractivity contribution in [1.29, 1.82) is 5.26 Å². The molecule has 0 bridgehead atoms. The Balaban J connectivity index is 1.39. The van der Waals surface area contributed by atoms with Crippen molar-refractivity contribution in [2.45, 2.75) is 83.5 Å². The average Bonchev–Trinajstić information content (AvgIpc) is 3.40. The van der Waals surface area contributed by atoms with E-state index in [9.17, 15) is 10.1 Å². The van der Waals surface area contributed by atoms with E-state index in [1.807, 2.05) is 30.3 Å². The van der Waals surface area contributed by atoms with Crippen LogP contribution >= 0.6 is 22.7 Å². The van der Waals surface area contributed by atoms with E-state index in [0.717, 1.165) is 49.0 Å². The summed E-state index contributed by atoms with van der Waals surface area (Å²) in [5.41, 5.74) is 0.645. The summed E-state index contributed by atoms with van der Waals surface area (Å²) >= 11 is 3.31. The number of aryl methyl sites for hydroxylation is 1. The number of benzene rings is 1. The Hall–Kier alpha value is -2.16. The van der Waals surface area contributed by atoms with Crippen LogP contribution < -0.4 is 4.74 Å². The van der Waals surface area contributed by atoms with Crippen molar-refractivity contribution in [3.05, 3.63) is 51.7 Å². The second kappa shape index (κ2) is 10.8. The average molecular weight is 480 g/mol. The molecule has 3 aromatic rings. The van der Waals surface area contributed by atoms with Gasteiger partial charge in [-0.2, -0.15) is 5.26 Å². The van der Waals surface area contributed by atoms with Crippen molar-refractivity contribution in [3.63, 3.8) is 0 Å².